The molecule has 2 aliphatic rings. The minimum Gasteiger partial charge on any atom is -0.197 e. The first-order valence-corrected chi connectivity index (χ1v) is 9.01. The number of hydrogen-bond donors (Lipinski definition) is 0. The fourth-order valence-corrected chi connectivity index (χ4v) is 5.15. The smallest absolute Gasteiger partial charge is 0.140 e. The van der Waals surface area contributed by atoms with Crippen molar-refractivity contribution in [1.29, 1.82) is 21.0 Å². The van der Waals surface area contributed by atoms with Gasteiger partial charge >= 0.3 is 0 Å². The molecule has 4 heteroatoms. The molecule has 128 valence electrons. The molecule has 0 saturated heterocycles. The minimum atomic E-state index is -0.732. The van der Waals surface area contributed by atoms with E-state index in [-0.39, 0.29) is 23.7 Å². The average Bonchev–Trinajstić information content (AvgIpc) is 2.73. The van der Waals surface area contributed by atoms with Gasteiger partial charge in [-0.05, 0) is 40.5 Å². The maximum atomic E-state index is 9.61. The molecule has 0 saturated carbocycles. The van der Waals surface area contributed by atoms with Crippen LogP contribution >= 0.6 is 0 Å². The zero-order valence-corrected chi connectivity index (χ0v) is 14.6. The monoisotopic (exact) mass is 348 g/mol. The number of rotatable bonds is 2. The Balaban J connectivity index is 1.99. The summed E-state index contributed by atoms with van der Waals surface area (Å²) >= 11 is 0. The van der Waals surface area contributed by atoms with E-state index in [1.807, 2.05) is 48.5 Å². The van der Waals surface area contributed by atoms with Crippen molar-refractivity contribution in [3.05, 3.63) is 70.8 Å². The topological polar surface area (TPSA) is 95.2 Å². The maximum Gasteiger partial charge on any atom is 0.140 e. The summed E-state index contributed by atoms with van der Waals surface area (Å²) in [5.41, 5.74) is 4.18. The highest BCUT2D eigenvalue weighted by Crippen LogP contribution is 2.60. The molecule has 2 aromatic carbocycles. The fourth-order valence-electron chi connectivity index (χ4n) is 5.15. The summed E-state index contributed by atoms with van der Waals surface area (Å²) in [6.07, 6.45) is 0.753. The van der Waals surface area contributed by atoms with Gasteiger partial charge in [0.2, 0.25) is 0 Å². The van der Waals surface area contributed by atoms with Crippen molar-refractivity contribution >= 4 is 0 Å². The molecule has 4 atom stereocenters. The van der Waals surface area contributed by atoms with Crippen LogP contribution in [0.25, 0.3) is 0 Å². The summed E-state index contributed by atoms with van der Waals surface area (Å²) < 4.78 is 0. The predicted octanol–water partition coefficient (Wildman–Crippen LogP) is 4.47. The van der Waals surface area contributed by atoms with Crippen molar-refractivity contribution in [1.82, 2.24) is 0 Å². The molecule has 4 rings (SSSR count). The van der Waals surface area contributed by atoms with Crippen molar-refractivity contribution in [3.8, 4) is 24.3 Å². The summed E-state index contributed by atoms with van der Waals surface area (Å²) in [6.45, 7) is 0. The SMILES string of the molecule is N#CC(C#N)C1c2ccccc2[C@H]2C[C@@H]1c1ccccc1C2C(C#N)C#N. The Bertz CT molecular complexity index is 946. The van der Waals surface area contributed by atoms with Crippen LogP contribution < -0.4 is 0 Å². The van der Waals surface area contributed by atoms with Gasteiger partial charge < -0.3 is 0 Å². The quantitative estimate of drug-likeness (QED) is 0.800. The Hall–Kier alpha value is -3.60. The molecule has 2 aliphatic carbocycles. The van der Waals surface area contributed by atoms with E-state index in [1.54, 1.807) is 0 Å². The van der Waals surface area contributed by atoms with Crippen LogP contribution in [0.1, 0.15) is 52.3 Å². The van der Waals surface area contributed by atoms with Gasteiger partial charge in [0.1, 0.15) is 11.8 Å². The Kier molecular flexibility index (Phi) is 4.12. The molecule has 0 fully saturated rings. The molecule has 2 aromatic rings. The van der Waals surface area contributed by atoms with Crippen LogP contribution in [0.15, 0.2) is 48.5 Å². The number of fused-ring (bicyclic) bond motifs is 6. The molecular formula is C23H16N4. The van der Waals surface area contributed by atoms with Gasteiger partial charge in [-0.25, -0.2) is 0 Å². The van der Waals surface area contributed by atoms with E-state index in [0.29, 0.717) is 0 Å². The van der Waals surface area contributed by atoms with E-state index < -0.39 is 11.8 Å². The summed E-state index contributed by atoms with van der Waals surface area (Å²) in [5, 5.41) is 38.4. The van der Waals surface area contributed by atoms with Crippen LogP contribution in [-0.2, 0) is 0 Å². The lowest BCUT2D eigenvalue weighted by molar-refractivity contribution is 0.319. The van der Waals surface area contributed by atoms with Gasteiger partial charge in [-0.3, -0.25) is 0 Å². The summed E-state index contributed by atoms with van der Waals surface area (Å²) in [5.74, 6) is -1.78. The number of nitrogens with zero attached hydrogens (tertiary/aromatic N) is 4. The molecule has 0 heterocycles. The van der Waals surface area contributed by atoms with Crippen molar-refractivity contribution < 1.29 is 0 Å². The average molecular weight is 348 g/mol. The highest BCUT2D eigenvalue weighted by Gasteiger charge is 2.49. The number of nitriles is 4. The van der Waals surface area contributed by atoms with Gasteiger partial charge in [0.15, 0.2) is 0 Å². The van der Waals surface area contributed by atoms with Crippen LogP contribution in [0.5, 0.6) is 0 Å². The minimum absolute atomic E-state index is 0.0414. The van der Waals surface area contributed by atoms with Gasteiger partial charge in [-0.15, -0.1) is 0 Å². The van der Waals surface area contributed by atoms with Crippen LogP contribution in [0.4, 0.5) is 0 Å². The second-order valence-electron chi connectivity index (χ2n) is 7.23. The molecule has 0 aromatic heterocycles. The standard InChI is InChI=1S/C23H16N4/c24-10-14(11-25)22-18-7-3-1-5-16(18)20-9-21(22)17-6-2-4-8-19(17)23(20)15(12-26)13-27/h1-8,14-15,20-23H,9H2/t20-,21-,22?,23?/m1/s1. The normalized spacial score (nSPS) is 24.7. The molecule has 4 nitrogen and oxygen atoms in total. The van der Waals surface area contributed by atoms with E-state index >= 15 is 0 Å². The van der Waals surface area contributed by atoms with Gasteiger partial charge in [-0.1, -0.05) is 48.5 Å². The lowest BCUT2D eigenvalue weighted by Crippen LogP contribution is -2.36. The van der Waals surface area contributed by atoms with Crippen LogP contribution in [0.2, 0.25) is 0 Å². The molecule has 27 heavy (non-hydrogen) atoms. The third-order valence-corrected chi connectivity index (χ3v) is 6.16. The first kappa shape index (κ1) is 16.8. The molecule has 0 N–H and O–H groups in total. The zero-order valence-electron chi connectivity index (χ0n) is 14.6. The third kappa shape index (κ3) is 2.39. The Morgan fingerprint density at radius 2 is 0.926 bits per heavy atom. The van der Waals surface area contributed by atoms with Crippen molar-refractivity contribution in [2.75, 3.05) is 0 Å². The predicted molar refractivity (Wildman–Crippen MR) is 97.9 cm³/mol. The van der Waals surface area contributed by atoms with E-state index in [9.17, 15) is 21.0 Å². The molecule has 0 aliphatic heterocycles. The Labute approximate surface area is 158 Å². The number of benzene rings is 2. The van der Waals surface area contributed by atoms with Crippen molar-refractivity contribution in [2.24, 2.45) is 11.8 Å². The maximum absolute atomic E-state index is 9.61. The Morgan fingerprint density at radius 1 is 0.593 bits per heavy atom. The highest BCUT2D eigenvalue weighted by molar-refractivity contribution is 5.52. The van der Waals surface area contributed by atoms with Gasteiger partial charge in [0.05, 0.1) is 24.3 Å². The van der Waals surface area contributed by atoms with E-state index in [2.05, 4.69) is 24.3 Å². The van der Waals surface area contributed by atoms with Gasteiger partial charge in [0.25, 0.3) is 0 Å². The van der Waals surface area contributed by atoms with Gasteiger partial charge in [0, 0.05) is 11.8 Å². The molecular weight excluding hydrogens is 332 g/mol. The summed E-state index contributed by atoms with van der Waals surface area (Å²) in [7, 11) is 0. The van der Waals surface area contributed by atoms with Crippen molar-refractivity contribution in [3.63, 3.8) is 0 Å². The lowest BCUT2D eigenvalue weighted by atomic mass is 9.54. The van der Waals surface area contributed by atoms with Crippen LogP contribution in [0.3, 0.4) is 0 Å². The molecule has 2 unspecified atom stereocenters. The first-order chi connectivity index (χ1) is 13.2. The molecule has 0 amide bonds. The van der Waals surface area contributed by atoms with Crippen LogP contribution in [-0.4, -0.2) is 0 Å². The molecule has 0 spiro atoms. The first-order valence-electron chi connectivity index (χ1n) is 9.01. The van der Waals surface area contributed by atoms with Gasteiger partial charge in [-0.2, -0.15) is 21.0 Å². The number of hydrogen-bond acceptors (Lipinski definition) is 4. The molecule has 0 radical (unpaired) electrons. The summed E-state index contributed by atoms with van der Waals surface area (Å²) in [6, 6.07) is 24.6. The van der Waals surface area contributed by atoms with Crippen LogP contribution in [0, 0.1) is 57.2 Å². The van der Waals surface area contributed by atoms with E-state index in [1.165, 1.54) is 0 Å². The zero-order chi connectivity index (χ0) is 19.0. The molecule has 2 bridgehead atoms. The lowest BCUT2D eigenvalue weighted by Gasteiger charge is -2.47. The van der Waals surface area contributed by atoms with Crippen molar-refractivity contribution in [2.45, 2.75) is 30.1 Å². The highest BCUT2D eigenvalue weighted by atomic mass is 14.5. The fraction of sp³-hybridized carbons (Fsp3) is 0.304. The largest absolute Gasteiger partial charge is 0.197 e. The van der Waals surface area contributed by atoms with E-state index in [0.717, 1.165) is 28.7 Å². The second-order valence-corrected chi connectivity index (χ2v) is 7.23. The third-order valence-electron chi connectivity index (χ3n) is 6.16. The summed E-state index contributed by atoms with van der Waals surface area (Å²) in [4.78, 5) is 0. The van der Waals surface area contributed by atoms with E-state index in [4.69, 9.17) is 0 Å². The Morgan fingerprint density at radius 3 is 1.26 bits per heavy atom. The second kappa shape index (κ2) is 6.61.